The van der Waals surface area contributed by atoms with Crippen LogP contribution in [0.25, 0.3) is 0 Å². The van der Waals surface area contributed by atoms with Crippen molar-refractivity contribution < 1.29 is 37.3 Å². The van der Waals surface area contributed by atoms with Gasteiger partial charge in [0.15, 0.2) is 31.2 Å². The predicted octanol–water partition coefficient (Wildman–Crippen LogP) is 18.7. The summed E-state index contributed by atoms with van der Waals surface area (Å²) in [5.74, 6) is 1.19. The van der Waals surface area contributed by atoms with Crippen molar-refractivity contribution in [3.05, 3.63) is 174 Å². The Kier molecular flexibility index (Phi) is 24.9. The van der Waals surface area contributed by atoms with Crippen molar-refractivity contribution in [1.82, 2.24) is 0 Å². The van der Waals surface area contributed by atoms with Gasteiger partial charge in [-0.2, -0.15) is 0 Å². The first kappa shape index (κ1) is 69.0. The lowest BCUT2D eigenvalue weighted by Gasteiger charge is -2.43. The fraction of sp³-hybridized carbons (Fsp3) is 0.577. The maximum absolute atomic E-state index is 11.6. The molecule has 1 saturated heterocycles. The van der Waals surface area contributed by atoms with E-state index in [2.05, 4.69) is 258 Å². The lowest BCUT2D eigenvalue weighted by Crippen LogP contribution is -2.48. The van der Waals surface area contributed by atoms with Crippen LogP contribution < -0.4 is 4.74 Å². The van der Waals surface area contributed by atoms with Gasteiger partial charge in [0.2, 0.25) is 0 Å². The van der Waals surface area contributed by atoms with Crippen molar-refractivity contribution in [2.45, 2.75) is 213 Å². The molecule has 5 rings (SSSR count). The minimum absolute atomic E-state index is 0.00323. The highest BCUT2D eigenvalue weighted by atomic mass is 28.4. The van der Waals surface area contributed by atoms with Gasteiger partial charge in [0.25, 0.3) is 0 Å². The molecule has 454 valence electrons. The molecule has 1 fully saturated rings. The Morgan fingerprint density at radius 3 is 1.57 bits per heavy atom. The summed E-state index contributed by atoms with van der Waals surface area (Å²) in [6.45, 7) is 47.3. The molecule has 11 heteroatoms. The van der Waals surface area contributed by atoms with E-state index in [9.17, 15) is 5.11 Å². The minimum Gasteiger partial charge on any atom is -0.497 e. The minimum atomic E-state index is -2.28. The second-order valence-corrected chi connectivity index (χ2v) is 42.7. The van der Waals surface area contributed by atoms with Crippen molar-refractivity contribution in [2.24, 2.45) is 29.6 Å². The molecule has 0 bridgehead atoms. The number of aliphatic hydroxyl groups excluding tert-OH is 1. The number of rotatable bonds is 28. The van der Waals surface area contributed by atoms with Crippen LogP contribution in [0, 0.1) is 29.6 Å². The summed E-state index contributed by atoms with van der Waals surface area (Å²) in [6.07, 6.45) is 14.2. The fourth-order valence-electron chi connectivity index (χ4n) is 10.2. The highest BCUT2D eigenvalue weighted by Crippen LogP contribution is 2.44. The third-order valence-electron chi connectivity index (χ3n) is 18.8. The first-order chi connectivity index (χ1) is 38.2. The molecule has 4 aromatic carbocycles. The highest BCUT2D eigenvalue weighted by molar-refractivity contribution is 6.75. The van der Waals surface area contributed by atoms with Gasteiger partial charge in [-0.3, -0.25) is 0 Å². The molecule has 1 aliphatic rings. The molecular formula is C71H110O8Si3. The van der Waals surface area contributed by atoms with Gasteiger partial charge in [-0.05, 0) is 114 Å². The van der Waals surface area contributed by atoms with E-state index in [1.807, 2.05) is 30.3 Å². The van der Waals surface area contributed by atoms with E-state index < -0.39 is 42.9 Å². The third-order valence-corrected chi connectivity index (χ3v) is 32.3. The number of benzene rings is 4. The summed E-state index contributed by atoms with van der Waals surface area (Å²) in [6, 6.07) is 39.6. The summed E-state index contributed by atoms with van der Waals surface area (Å²) >= 11 is 0. The molecule has 0 aliphatic carbocycles. The number of allylic oxidation sites excluding steroid dienone is 1. The number of methoxy groups -OCH3 is 1. The average Bonchev–Trinajstić information content (AvgIpc) is 3.58. The van der Waals surface area contributed by atoms with E-state index in [1.54, 1.807) is 7.11 Å². The van der Waals surface area contributed by atoms with Crippen LogP contribution in [0.3, 0.4) is 0 Å². The van der Waals surface area contributed by atoms with E-state index in [-0.39, 0.29) is 69.1 Å². The van der Waals surface area contributed by atoms with E-state index in [0.717, 1.165) is 40.8 Å². The Morgan fingerprint density at radius 2 is 1.09 bits per heavy atom. The second kappa shape index (κ2) is 29.6. The molecule has 0 aromatic heterocycles. The molecule has 0 radical (unpaired) electrons. The lowest BCUT2D eigenvalue weighted by molar-refractivity contribution is -0.254. The maximum atomic E-state index is 11.6. The van der Waals surface area contributed by atoms with Crippen LogP contribution in [0.1, 0.15) is 145 Å². The SMILES string of the molecule is COc1ccc([C@H]2OC[C@H](C)[C@@H]([C@@H](C)[C@H](O)/C=C/CC[C@H](C)[C@@H](O[Si](C)(C)C(C)(C)C)[C@@H](C)/C=C\[C@H](C[C@H](O[Si](C)(C)C(C)(C)C)[C@H](C)/C=C/COC(c3ccccc3)(c3ccccc3)c3ccccc3)O[Si](C)(C)C(C)(C)C)O2)cc1. The van der Waals surface area contributed by atoms with Crippen LogP contribution in [-0.4, -0.2) is 80.9 Å². The largest absolute Gasteiger partial charge is 0.497 e. The summed E-state index contributed by atoms with van der Waals surface area (Å²) in [5.41, 5.74) is 3.37. The molecule has 4 aromatic rings. The normalized spacial score (nSPS) is 20.4. The number of aliphatic hydroxyl groups is 1. The zero-order chi connectivity index (χ0) is 60.9. The Hall–Kier alpha value is -3.73. The van der Waals surface area contributed by atoms with Crippen LogP contribution in [0.2, 0.25) is 54.4 Å². The molecule has 0 saturated carbocycles. The van der Waals surface area contributed by atoms with Gasteiger partial charge < -0.3 is 37.3 Å². The quantitative estimate of drug-likeness (QED) is 0.0342. The molecule has 1 N–H and O–H groups in total. The number of hydrogen-bond acceptors (Lipinski definition) is 8. The Morgan fingerprint density at radius 1 is 0.598 bits per heavy atom. The topological polar surface area (TPSA) is 84.8 Å². The Balaban J connectivity index is 1.41. The fourth-order valence-corrected chi connectivity index (χ4v) is 14.4. The number of ether oxygens (including phenoxy) is 4. The summed E-state index contributed by atoms with van der Waals surface area (Å²) in [5, 5.41) is 11.6. The number of hydrogen-bond donors (Lipinski definition) is 1. The van der Waals surface area contributed by atoms with E-state index in [4.69, 9.17) is 32.2 Å². The molecule has 0 spiro atoms. The standard InChI is InChI=1S/C71H110O8Si3/c1-52(35-33-49-75-71(58-36-25-22-26-37-58,59-38-27-23-28-39-59)60-40-29-24-30-41-60)64(78-81(18,19)69(9,10)11)50-62(77-80(16,17)68(6,7)8)46-43-54(3)65(79-82(20,21)70(12,13)14)53(2)34-31-32-42-63(72)56(5)66-55(4)51-74-67(76-66)57-44-47-61(73-15)48-45-57/h22-30,32-33,35-48,52-56,62-67,72H,31,34,49-51H2,1-21H3/b35-33+,42-32+,46-43-/t52-,53+,54+,55+,56+,62-,63-,64+,65-,66+,67+/m1/s1. The predicted molar refractivity (Wildman–Crippen MR) is 351 cm³/mol. The van der Waals surface area contributed by atoms with Crippen LogP contribution in [-0.2, 0) is 33.1 Å². The van der Waals surface area contributed by atoms with E-state index >= 15 is 0 Å². The molecule has 8 nitrogen and oxygen atoms in total. The van der Waals surface area contributed by atoms with Crippen molar-refractivity contribution in [1.29, 1.82) is 0 Å². The molecule has 0 amide bonds. The lowest BCUT2D eigenvalue weighted by atomic mass is 9.80. The summed E-state index contributed by atoms with van der Waals surface area (Å²) in [4.78, 5) is 0. The van der Waals surface area contributed by atoms with Gasteiger partial charge in [0, 0.05) is 23.8 Å². The first-order valence-electron chi connectivity index (χ1n) is 30.7. The molecule has 11 atom stereocenters. The van der Waals surface area contributed by atoms with Crippen LogP contribution in [0.15, 0.2) is 152 Å². The maximum Gasteiger partial charge on any atom is 0.192 e. The second-order valence-electron chi connectivity index (χ2n) is 28.4. The van der Waals surface area contributed by atoms with Gasteiger partial charge in [0.1, 0.15) is 11.4 Å². The smallest absolute Gasteiger partial charge is 0.192 e. The van der Waals surface area contributed by atoms with Crippen LogP contribution in [0.4, 0.5) is 0 Å². The zero-order valence-electron chi connectivity index (χ0n) is 54.6. The van der Waals surface area contributed by atoms with Crippen molar-refractivity contribution in [3.63, 3.8) is 0 Å². The molecule has 82 heavy (non-hydrogen) atoms. The van der Waals surface area contributed by atoms with Crippen LogP contribution in [0.5, 0.6) is 5.75 Å². The molecule has 0 unspecified atom stereocenters. The average molecular weight is 1180 g/mol. The molecular weight excluding hydrogens is 1070 g/mol. The summed E-state index contributed by atoms with van der Waals surface area (Å²) in [7, 11) is -5.09. The van der Waals surface area contributed by atoms with Gasteiger partial charge in [-0.25, -0.2) is 0 Å². The van der Waals surface area contributed by atoms with Crippen molar-refractivity contribution in [2.75, 3.05) is 20.3 Å². The van der Waals surface area contributed by atoms with E-state index in [0.29, 0.717) is 19.6 Å². The Bertz CT molecular complexity index is 2480. The molecule has 1 aliphatic heterocycles. The van der Waals surface area contributed by atoms with Gasteiger partial charge in [0.05, 0.1) is 50.8 Å². The van der Waals surface area contributed by atoms with Gasteiger partial charge in [-0.1, -0.05) is 237 Å². The zero-order valence-corrected chi connectivity index (χ0v) is 57.6. The molecule has 1 heterocycles. The monoisotopic (exact) mass is 1170 g/mol. The van der Waals surface area contributed by atoms with Crippen molar-refractivity contribution >= 4 is 25.0 Å². The highest BCUT2D eigenvalue weighted by Gasteiger charge is 2.45. The third kappa shape index (κ3) is 18.4. The summed E-state index contributed by atoms with van der Waals surface area (Å²) < 4.78 is 47.8. The first-order valence-corrected chi connectivity index (χ1v) is 39.4. The van der Waals surface area contributed by atoms with Gasteiger partial charge in [-0.15, -0.1) is 0 Å². The van der Waals surface area contributed by atoms with Crippen molar-refractivity contribution in [3.8, 4) is 5.75 Å². The van der Waals surface area contributed by atoms with Gasteiger partial charge >= 0.3 is 0 Å². The Labute approximate surface area is 502 Å². The van der Waals surface area contributed by atoms with Crippen LogP contribution >= 0.6 is 0 Å². The van der Waals surface area contributed by atoms with E-state index in [1.165, 1.54) is 0 Å².